The molecule has 1 amide bonds. The van der Waals surface area contributed by atoms with Crippen molar-refractivity contribution in [3.05, 3.63) is 47.8 Å². The highest BCUT2D eigenvalue weighted by molar-refractivity contribution is 5.76. The largest absolute Gasteiger partial charge is 0.340 e. The van der Waals surface area contributed by atoms with E-state index in [0.29, 0.717) is 12.8 Å². The van der Waals surface area contributed by atoms with Gasteiger partial charge in [-0.15, -0.1) is 5.10 Å². The third-order valence-corrected chi connectivity index (χ3v) is 4.53. The molecule has 0 atom stereocenters. The molecule has 1 aromatic heterocycles. The molecule has 2 heterocycles. The first kappa shape index (κ1) is 16.6. The Morgan fingerprint density at radius 1 is 1.08 bits per heavy atom. The summed E-state index contributed by atoms with van der Waals surface area (Å²) in [6.45, 7) is 4.64. The fourth-order valence-corrected chi connectivity index (χ4v) is 3.06. The van der Waals surface area contributed by atoms with Crippen molar-refractivity contribution in [3.8, 4) is 0 Å². The molecule has 0 radical (unpaired) electrons. The zero-order chi connectivity index (χ0) is 16.8. The predicted molar refractivity (Wildman–Crippen MR) is 92.5 cm³/mol. The second-order valence-corrected chi connectivity index (χ2v) is 6.34. The van der Waals surface area contributed by atoms with Crippen molar-refractivity contribution in [1.29, 1.82) is 0 Å². The van der Waals surface area contributed by atoms with Gasteiger partial charge in [-0.1, -0.05) is 35.5 Å². The van der Waals surface area contributed by atoms with Crippen LogP contribution >= 0.6 is 0 Å². The van der Waals surface area contributed by atoms with E-state index in [1.54, 1.807) is 4.68 Å². The number of carbonyl (C=O) groups excluding carboxylic acids is 1. The van der Waals surface area contributed by atoms with Gasteiger partial charge in [0.05, 0.1) is 5.69 Å². The van der Waals surface area contributed by atoms with Crippen molar-refractivity contribution in [2.45, 2.75) is 19.3 Å². The van der Waals surface area contributed by atoms with Crippen LogP contribution in [0.1, 0.15) is 17.7 Å². The van der Waals surface area contributed by atoms with Crippen LogP contribution in [-0.4, -0.2) is 63.4 Å². The molecule has 6 heteroatoms. The lowest BCUT2D eigenvalue weighted by Gasteiger charge is -2.34. The number of amides is 1. The fourth-order valence-electron chi connectivity index (χ4n) is 3.06. The molecule has 1 fully saturated rings. The van der Waals surface area contributed by atoms with Gasteiger partial charge in [-0.2, -0.15) is 0 Å². The quantitative estimate of drug-likeness (QED) is 0.798. The van der Waals surface area contributed by atoms with Gasteiger partial charge in [-0.05, 0) is 12.0 Å². The molecule has 2 aromatic rings. The van der Waals surface area contributed by atoms with E-state index in [2.05, 4.69) is 45.5 Å². The third-order valence-electron chi connectivity index (χ3n) is 4.53. The maximum atomic E-state index is 12.3. The number of hydrogen-bond donors (Lipinski definition) is 0. The highest BCUT2D eigenvalue weighted by atomic mass is 16.2. The van der Waals surface area contributed by atoms with Gasteiger partial charge < -0.3 is 4.90 Å². The number of hydrogen-bond acceptors (Lipinski definition) is 4. The maximum absolute atomic E-state index is 12.3. The zero-order valence-electron chi connectivity index (χ0n) is 14.3. The second kappa shape index (κ2) is 8.06. The first-order valence-electron chi connectivity index (χ1n) is 8.60. The minimum absolute atomic E-state index is 0.225. The summed E-state index contributed by atoms with van der Waals surface area (Å²) < 4.78 is 1.67. The van der Waals surface area contributed by atoms with Gasteiger partial charge in [0.25, 0.3) is 0 Å². The summed E-state index contributed by atoms with van der Waals surface area (Å²) in [5, 5.41) is 7.93. The van der Waals surface area contributed by atoms with Crippen molar-refractivity contribution < 1.29 is 4.79 Å². The molecule has 24 heavy (non-hydrogen) atoms. The first-order valence-corrected chi connectivity index (χ1v) is 8.60. The molecular formula is C18H25N5O. The average molecular weight is 327 g/mol. The number of aromatic nitrogens is 3. The Morgan fingerprint density at radius 3 is 2.50 bits per heavy atom. The van der Waals surface area contributed by atoms with E-state index in [0.717, 1.165) is 44.8 Å². The normalized spacial score (nSPS) is 15.6. The van der Waals surface area contributed by atoms with E-state index in [-0.39, 0.29) is 5.91 Å². The number of nitrogens with zero attached hydrogens (tertiary/aromatic N) is 5. The minimum atomic E-state index is 0.225. The maximum Gasteiger partial charge on any atom is 0.223 e. The van der Waals surface area contributed by atoms with Crippen LogP contribution < -0.4 is 0 Å². The molecule has 3 rings (SSSR count). The molecule has 6 nitrogen and oxygen atoms in total. The summed E-state index contributed by atoms with van der Waals surface area (Å²) in [6.07, 6.45) is 4.12. The summed E-state index contributed by atoms with van der Waals surface area (Å²) in [5.74, 6) is 0.225. The Bertz CT molecular complexity index is 646. The highest BCUT2D eigenvalue weighted by Crippen LogP contribution is 2.08. The molecule has 0 N–H and O–H groups in total. The Hall–Kier alpha value is -2.21. The van der Waals surface area contributed by atoms with E-state index >= 15 is 0 Å². The minimum Gasteiger partial charge on any atom is -0.340 e. The van der Waals surface area contributed by atoms with Crippen molar-refractivity contribution in [2.75, 3.05) is 32.7 Å². The SMILES string of the molecule is Cn1cc(CCC(=O)N2CCN(CCc3ccccc3)CC2)nn1. The van der Waals surface area contributed by atoms with Crippen molar-refractivity contribution >= 4 is 5.91 Å². The van der Waals surface area contributed by atoms with Crippen molar-refractivity contribution in [2.24, 2.45) is 7.05 Å². The van der Waals surface area contributed by atoms with Crippen LogP contribution in [0.15, 0.2) is 36.5 Å². The smallest absolute Gasteiger partial charge is 0.223 e. The van der Waals surface area contributed by atoms with Crippen LogP contribution in [0.4, 0.5) is 0 Å². The van der Waals surface area contributed by atoms with E-state index in [9.17, 15) is 4.79 Å². The summed E-state index contributed by atoms with van der Waals surface area (Å²) in [4.78, 5) is 16.7. The van der Waals surface area contributed by atoms with E-state index in [1.807, 2.05) is 18.1 Å². The second-order valence-electron chi connectivity index (χ2n) is 6.34. The molecule has 0 bridgehead atoms. The van der Waals surface area contributed by atoms with E-state index < -0.39 is 0 Å². The molecule has 1 aliphatic heterocycles. The molecular weight excluding hydrogens is 302 g/mol. The first-order chi connectivity index (χ1) is 11.7. The van der Waals surface area contributed by atoms with Crippen LogP contribution in [0, 0.1) is 0 Å². The van der Waals surface area contributed by atoms with Gasteiger partial charge in [-0.3, -0.25) is 14.4 Å². The number of aryl methyl sites for hydroxylation is 2. The van der Waals surface area contributed by atoms with Crippen LogP contribution in [0.2, 0.25) is 0 Å². The van der Waals surface area contributed by atoms with E-state index in [1.165, 1.54) is 5.56 Å². The number of benzene rings is 1. The summed E-state index contributed by atoms with van der Waals surface area (Å²) in [7, 11) is 1.84. The van der Waals surface area contributed by atoms with Crippen LogP contribution in [0.5, 0.6) is 0 Å². The van der Waals surface area contributed by atoms with Gasteiger partial charge in [-0.25, -0.2) is 0 Å². The van der Waals surface area contributed by atoms with Gasteiger partial charge in [0.2, 0.25) is 5.91 Å². The lowest BCUT2D eigenvalue weighted by Crippen LogP contribution is -2.49. The van der Waals surface area contributed by atoms with Crippen LogP contribution in [0.3, 0.4) is 0 Å². The average Bonchev–Trinajstić information content (AvgIpc) is 3.04. The lowest BCUT2D eigenvalue weighted by molar-refractivity contribution is -0.132. The molecule has 128 valence electrons. The fraction of sp³-hybridized carbons (Fsp3) is 0.500. The summed E-state index contributed by atoms with van der Waals surface area (Å²) >= 11 is 0. The molecule has 1 aromatic carbocycles. The predicted octanol–water partition coefficient (Wildman–Crippen LogP) is 1.13. The monoisotopic (exact) mass is 327 g/mol. The zero-order valence-corrected chi connectivity index (χ0v) is 14.3. The summed E-state index contributed by atoms with van der Waals surface area (Å²) in [6, 6.07) is 10.6. The Balaban J connectivity index is 1.37. The Labute approximate surface area is 143 Å². The van der Waals surface area contributed by atoms with Gasteiger partial charge in [0, 0.05) is 58.8 Å². The van der Waals surface area contributed by atoms with Gasteiger partial charge in [0.1, 0.15) is 0 Å². The van der Waals surface area contributed by atoms with Crippen LogP contribution in [-0.2, 0) is 24.7 Å². The molecule has 0 aliphatic carbocycles. The molecule has 1 aliphatic rings. The lowest BCUT2D eigenvalue weighted by atomic mass is 10.1. The third kappa shape index (κ3) is 4.64. The number of carbonyl (C=O) groups is 1. The number of rotatable bonds is 6. The van der Waals surface area contributed by atoms with Gasteiger partial charge in [0.15, 0.2) is 0 Å². The highest BCUT2D eigenvalue weighted by Gasteiger charge is 2.20. The van der Waals surface area contributed by atoms with Gasteiger partial charge >= 0.3 is 0 Å². The molecule has 1 saturated heterocycles. The molecule has 0 spiro atoms. The number of piperazine rings is 1. The Morgan fingerprint density at radius 2 is 1.83 bits per heavy atom. The van der Waals surface area contributed by atoms with Crippen molar-refractivity contribution in [1.82, 2.24) is 24.8 Å². The van der Waals surface area contributed by atoms with Crippen molar-refractivity contribution in [3.63, 3.8) is 0 Å². The topological polar surface area (TPSA) is 54.3 Å². The Kier molecular flexibility index (Phi) is 5.59. The standard InChI is InChI=1S/C18H25N5O/c1-21-15-17(19-20-21)7-8-18(24)23-13-11-22(12-14-23)10-9-16-5-3-2-4-6-16/h2-6,15H,7-14H2,1H3. The molecule has 0 saturated carbocycles. The van der Waals surface area contributed by atoms with Crippen LogP contribution in [0.25, 0.3) is 0 Å². The molecule has 0 unspecified atom stereocenters. The summed E-state index contributed by atoms with van der Waals surface area (Å²) in [5.41, 5.74) is 2.26. The van der Waals surface area contributed by atoms with E-state index in [4.69, 9.17) is 0 Å².